The molecule has 3 aromatic carbocycles. The molecule has 0 aromatic heterocycles. The summed E-state index contributed by atoms with van der Waals surface area (Å²) < 4.78 is 11.6. The second kappa shape index (κ2) is 24.6. The van der Waals surface area contributed by atoms with Gasteiger partial charge >= 0.3 is 0 Å². The normalized spacial score (nSPS) is 14.9. The molecule has 0 bridgehead atoms. The van der Waals surface area contributed by atoms with Gasteiger partial charge in [-0.3, -0.25) is 28.8 Å². The molecular formula is C48H70N6O7S2. The number of ketones is 2. The topological polar surface area (TPSA) is 198 Å². The second-order valence-electron chi connectivity index (χ2n) is 17.1. The van der Waals surface area contributed by atoms with Gasteiger partial charge in [0.1, 0.15) is 29.9 Å². The van der Waals surface area contributed by atoms with Crippen LogP contribution in [0.3, 0.4) is 0 Å². The molecule has 0 saturated heterocycles. The molecule has 0 aliphatic heterocycles. The van der Waals surface area contributed by atoms with Crippen LogP contribution >= 0.6 is 23.5 Å². The number of nitrogens with two attached hydrogens (primary N) is 1. The number of carbonyl (C=O) groups is 6. The van der Waals surface area contributed by atoms with E-state index >= 15 is 0 Å². The first kappa shape index (κ1) is 51.2. The maximum Gasteiger partial charge on any atom is 0.243 e. The highest BCUT2D eigenvalue weighted by Crippen LogP contribution is 2.34. The van der Waals surface area contributed by atoms with Gasteiger partial charge in [-0.25, -0.2) is 0 Å². The highest BCUT2D eigenvalue weighted by atomic mass is 32.2. The Morgan fingerprint density at radius 3 is 1.89 bits per heavy atom. The van der Waals surface area contributed by atoms with Gasteiger partial charge in [0.2, 0.25) is 23.6 Å². The fourth-order valence-corrected chi connectivity index (χ4v) is 10.1. The van der Waals surface area contributed by atoms with Crippen LogP contribution < -0.4 is 37.1 Å². The third-order valence-electron chi connectivity index (χ3n) is 11.2. The van der Waals surface area contributed by atoms with E-state index in [-0.39, 0.29) is 36.7 Å². The zero-order chi connectivity index (χ0) is 47.7. The fourth-order valence-electron chi connectivity index (χ4n) is 7.60. The number of hydrogen-bond donors (Lipinski definition) is 6. The molecule has 0 unspecified atom stereocenters. The minimum Gasteiger partial charge on any atom is -0.497 e. The lowest BCUT2D eigenvalue weighted by Gasteiger charge is -2.35. The zero-order valence-electron chi connectivity index (χ0n) is 39.5. The predicted molar refractivity (Wildman–Crippen MR) is 257 cm³/mol. The van der Waals surface area contributed by atoms with Crippen LogP contribution in [0.5, 0.6) is 5.75 Å². The van der Waals surface area contributed by atoms with E-state index in [2.05, 4.69) is 26.6 Å². The van der Waals surface area contributed by atoms with Crippen molar-refractivity contribution in [2.75, 3.05) is 32.2 Å². The minimum absolute atomic E-state index is 0.0965. The first-order valence-electron chi connectivity index (χ1n) is 22.3. The van der Waals surface area contributed by atoms with Crippen molar-refractivity contribution in [2.45, 2.75) is 133 Å². The van der Waals surface area contributed by atoms with Gasteiger partial charge in [-0.2, -0.15) is 23.5 Å². The lowest BCUT2D eigenvalue weighted by molar-refractivity contribution is -0.135. The van der Waals surface area contributed by atoms with Gasteiger partial charge in [-0.05, 0) is 108 Å². The number of amides is 4. The number of nitrogens with one attached hydrogen (secondary N) is 5. The number of thioether (sulfide) groups is 2. The van der Waals surface area contributed by atoms with E-state index in [1.165, 1.54) is 18.7 Å². The molecule has 3 rings (SSSR count). The number of unbranched alkanes of at least 4 members (excludes halogenated alkanes) is 1. The van der Waals surface area contributed by atoms with Crippen LogP contribution in [-0.2, 0) is 41.6 Å². The lowest BCUT2D eigenvalue weighted by atomic mass is 9.87. The molecule has 0 heterocycles. The minimum atomic E-state index is -1.19. The Bertz CT molecular complexity index is 2050. The van der Waals surface area contributed by atoms with Crippen LogP contribution in [0, 0.1) is 0 Å². The molecule has 0 radical (unpaired) electrons. The van der Waals surface area contributed by atoms with Crippen molar-refractivity contribution in [3.05, 3.63) is 77.9 Å². The lowest BCUT2D eigenvalue weighted by Crippen LogP contribution is -2.62. The maximum absolute atomic E-state index is 14.6. The molecule has 3 aromatic rings. The Balaban J connectivity index is 1.93. The van der Waals surface area contributed by atoms with Crippen molar-refractivity contribution < 1.29 is 34.9 Å². The van der Waals surface area contributed by atoms with Crippen molar-refractivity contribution in [3.63, 3.8) is 0 Å². The SMILES string of the molecule is [3H]CC(=O)[C@@H](NC(C)=O)C(C)(C)SCCSC(C)(C)[C@H](NC)C(=O)N[C@@H](Cc1ccc(OC)cc1)C(=O)N[C@@H](Cc1ccc2ccccc2c1)C(=O)N[C@@](C)(CCCCN)C(=O)CC. The van der Waals surface area contributed by atoms with Gasteiger partial charge in [-0.15, -0.1) is 0 Å². The van der Waals surface area contributed by atoms with Crippen molar-refractivity contribution in [3.8, 4) is 5.75 Å². The molecule has 7 N–H and O–H groups in total. The van der Waals surface area contributed by atoms with Crippen LogP contribution in [0.15, 0.2) is 66.7 Å². The smallest absolute Gasteiger partial charge is 0.243 e. The van der Waals surface area contributed by atoms with Crippen LogP contribution in [0.2, 0.25) is 0 Å². The summed E-state index contributed by atoms with van der Waals surface area (Å²) in [5.41, 5.74) is 6.12. The van der Waals surface area contributed by atoms with E-state index in [0.29, 0.717) is 43.1 Å². The van der Waals surface area contributed by atoms with E-state index in [4.69, 9.17) is 11.8 Å². The largest absolute Gasteiger partial charge is 0.497 e. The number of hydrogen-bond acceptors (Lipinski definition) is 11. The molecule has 0 fully saturated rings. The van der Waals surface area contributed by atoms with Crippen LogP contribution in [0.4, 0.5) is 0 Å². The van der Waals surface area contributed by atoms with E-state index in [1.54, 1.807) is 51.9 Å². The van der Waals surface area contributed by atoms with Crippen molar-refractivity contribution in [1.82, 2.24) is 26.6 Å². The number of fused-ring (bicyclic) bond motifs is 1. The van der Waals surface area contributed by atoms with E-state index in [0.717, 1.165) is 21.9 Å². The van der Waals surface area contributed by atoms with Gasteiger partial charge in [0.25, 0.3) is 0 Å². The van der Waals surface area contributed by atoms with Crippen molar-refractivity contribution in [1.29, 1.82) is 0 Å². The number of methoxy groups -OCH3 is 1. The number of likely N-dealkylation sites (N-methyl/N-ethyl adjacent to an activating group) is 1. The molecular weight excluding hydrogens is 837 g/mol. The summed E-state index contributed by atoms with van der Waals surface area (Å²) in [5, 5.41) is 16.8. The van der Waals surface area contributed by atoms with E-state index in [9.17, 15) is 28.8 Å². The van der Waals surface area contributed by atoms with Crippen LogP contribution in [-0.4, -0.2) is 107 Å². The Hall–Kier alpha value is -4.44. The number of benzene rings is 3. The summed E-state index contributed by atoms with van der Waals surface area (Å²) in [6, 6.07) is 17.1. The third-order valence-corrected chi connectivity index (χ3v) is 14.3. The van der Waals surface area contributed by atoms with E-state index < -0.39 is 63.8 Å². The summed E-state index contributed by atoms with van der Waals surface area (Å²) >= 11 is 3.04. The molecule has 4 amide bonds. The van der Waals surface area contributed by atoms with Gasteiger partial charge in [0.05, 0.1) is 12.6 Å². The highest BCUT2D eigenvalue weighted by Gasteiger charge is 2.39. The van der Waals surface area contributed by atoms with Gasteiger partial charge in [0.15, 0.2) is 11.6 Å². The molecule has 13 nitrogen and oxygen atoms in total. The Kier molecular flexibility index (Phi) is 20.0. The summed E-state index contributed by atoms with van der Waals surface area (Å²) in [6.45, 7) is 12.4. The quantitative estimate of drug-likeness (QED) is 0.0544. The highest BCUT2D eigenvalue weighted by molar-refractivity contribution is 8.04. The standard InChI is InChI=1S/C48H70N6O7S2/c1-11-40(57)48(8,24-14-15-25-49)54-44(59)39(30-34-18-21-35-16-12-13-17-36(35)28-34)52-43(58)38(29-33-19-22-37(61-10)23-20-33)53-45(60)42(50-9)47(6,7)63-27-26-62-46(4,5)41(31(2)55)51-32(3)56/h12-13,16-23,28,38-39,41-42,50H,11,14-15,24-27,29-30,49H2,1-10H3,(H,51,56)(H,52,58)(H,53,60)(H,54,59)/t38-,39-,41+,42+,48-/m0/s1/i2T. The summed E-state index contributed by atoms with van der Waals surface area (Å²) in [5.74, 6) is -0.578. The molecule has 5 atom stereocenters. The van der Waals surface area contributed by atoms with Gasteiger partial charge in [-0.1, -0.05) is 61.5 Å². The Morgan fingerprint density at radius 2 is 1.32 bits per heavy atom. The zero-order valence-corrected chi connectivity index (χ0v) is 40.1. The maximum atomic E-state index is 14.6. The average Bonchev–Trinajstić information content (AvgIpc) is 3.26. The Labute approximate surface area is 384 Å². The first-order chi connectivity index (χ1) is 30.2. The number of carbonyl (C=O) groups excluding carboxylic acids is 6. The molecule has 0 saturated carbocycles. The molecule has 0 aliphatic carbocycles. The Morgan fingerprint density at radius 1 is 0.746 bits per heavy atom. The average molecular weight is 909 g/mol. The molecule has 63 heavy (non-hydrogen) atoms. The summed E-state index contributed by atoms with van der Waals surface area (Å²) in [4.78, 5) is 81.3. The number of ether oxygens (including phenoxy) is 1. The van der Waals surface area contributed by atoms with Crippen molar-refractivity contribution in [2.24, 2.45) is 5.73 Å². The van der Waals surface area contributed by atoms with Crippen molar-refractivity contribution >= 4 is 69.5 Å². The monoisotopic (exact) mass is 908 g/mol. The first-order valence-corrected chi connectivity index (χ1v) is 23.5. The summed E-state index contributed by atoms with van der Waals surface area (Å²) in [6.07, 6.45) is 2.12. The molecule has 15 heteroatoms. The number of Topliss-reactive ketones (excluding diaryl/α,β-unsaturated/α-hetero) is 2. The number of rotatable bonds is 27. The summed E-state index contributed by atoms with van der Waals surface area (Å²) in [7, 11) is 3.24. The van der Waals surface area contributed by atoms with Crippen LogP contribution in [0.25, 0.3) is 10.8 Å². The molecule has 346 valence electrons. The second-order valence-corrected chi connectivity index (χ2v) is 20.6. The predicted octanol–water partition coefficient (Wildman–Crippen LogP) is 5.29. The van der Waals surface area contributed by atoms with Gasteiger partial charge in [0, 0.05) is 48.6 Å². The van der Waals surface area contributed by atoms with Crippen LogP contribution in [0.1, 0.15) is 93.5 Å². The van der Waals surface area contributed by atoms with Gasteiger partial charge < -0.3 is 37.1 Å². The fraction of sp³-hybridized carbons (Fsp3) is 0.542. The molecule has 0 aliphatic rings. The van der Waals surface area contributed by atoms with E-state index in [1.807, 2.05) is 82.3 Å². The third kappa shape index (κ3) is 15.9. The molecule has 0 spiro atoms.